The highest BCUT2D eigenvalue weighted by atomic mass is 35.5. The van der Waals surface area contributed by atoms with Crippen molar-refractivity contribution in [2.75, 3.05) is 6.61 Å². The molecule has 0 atom stereocenters. The van der Waals surface area contributed by atoms with E-state index in [1.807, 2.05) is 49.1 Å². The summed E-state index contributed by atoms with van der Waals surface area (Å²) in [5, 5.41) is 1.92. The van der Waals surface area contributed by atoms with Crippen LogP contribution in [0.2, 0.25) is 5.02 Å². The van der Waals surface area contributed by atoms with Crippen molar-refractivity contribution >= 4 is 22.6 Å². The molecule has 0 N–H and O–H groups in total. The molecule has 2 aromatic heterocycles. The van der Waals surface area contributed by atoms with Gasteiger partial charge in [-0.05, 0) is 66.4 Å². The monoisotopic (exact) mass is 376 g/mol. The van der Waals surface area contributed by atoms with Crippen molar-refractivity contribution in [1.29, 1.82) is 0 Å². The molecule has 4 aromatic rings. The van der Waals surface area contributed by atoms with Gasteiger partial charge in [0.05, 0.1) is 6.61 Å². The van der Waals surface area contributed by atoms with Crippen LogP contribution < -0.4 is 4.74 Å². The summed E-state index contributed by atoms with van der Waals surface area (Å²) in [7, 11) is 2.01. The molecule has 0 fully saturated rings. The van der Waals surface area contributed by atoms with E-state index in [1.54, 1.807) is 0 Å². The van der Waals surface area contributed by atoms with Crippen molar-refractivity contribution in [1.82, 2.24) is 9.55 Å². The second kappa shape index (κ2) is 7.45. The lowest BCUT2D eigenvalue weighted by Gasteiger charge is -2.10. The third kappa shape index (κ3) is 3.69. The molecule has 0 spiro atoms. The zero-order valence-corrected chi connectivity index (χ0v) is 16.2. The fraction of sp³-hybridized carbons (Fsp3) is 0.174. The van der Waals surface area contributed by atoms with Crippen molar-refractivity contribution in [3.05, 3.63) is 83.1 Å². The molecule has 3 nitrogen and oxygen atoms in total. The quantitative estimate of drug-likeness (QED) is 0.434. The van der Waals surface area contributed by atoms with E-state index in [9.17, 15) is 0 Å². The SMILES string of the molecule is CCOc1ccc(Cc2cc(-c3cnc4c(ccn4C)c3)ccc2Cl)cc1. The summed E-state index contributed by atoms with van der Waals surface area (Å²) >= 11 is 6.47. The normalized spacial score (nSPS) is 11.1. The van der Waals surface area contributed by atoms with Gasteiger partial charge in [0, 0.05) is 35.4 Å². The molecule has 2 aromatic carbocycles. The highest BCUT2D eigenvalue weighted by Gasteiger charge is 2.08. The average Bonchev–Trinajstić information content (AvgIpc) is 3.06. The number of nitrogens with zero attached hydrogens (tertiary/aromatic N) is 2. The lowest BCUT2D eigenvalue weighted by molar-refractivity contribution is 0.340. The van der Waals surface area contributed by atoms with E-state index < -0.39 is 0 Å². The third-order valence-electron chi connectivity index (χ3n) is 4.71. The van der Waals surface area contributed by atoms with Gasteiger partial charge in [0.1, 0.15) is 11.4 Å². The van der Waals surface area contributed by atoms with Crippen LogP contribution in [0.25, 0.3) is 22.2 Å². The van der Waals surface area contributed by atoms with Gasteiger partial charge in [-0.15, -0.1) is 0 Å². The Morgan fingerprint density at radius 3 is 2.59 bits per heavy atom. The second-order valence-corrected chi connectivity index (χ2v) is 7.03. The number of hydrogen-bond donors (Lipinski definition) is 0. The lowest BCUT2D eigenvalue weighted by Crippen LogP contribution is -1.94. The fourth-order valence-corrected chi connectivity index (χ4v) is 3.48. The number of pyridine rings is 1. The molecule has 136 valence electrons. The van der Waals surface area contributed by atoms with Crippen LogP contribution in [0.3, 0.4) is 0 Å². The van der Waals surface area contributed by atoms with Gasteiger partial charge in [-0.2, -0.15) is 0 Å². The molecule has 0 saturated carbocycles. The van der Waals surface area contributed by atoms with Gasteiger partial charge in [-0.25, -0.2) is 4.98 Å². The Balaban J connectivity index is 1.63. The van der Waals surface area contributed by atoms with Gasteiger partial charge in [0.15, 0.2) is 0 Å². The predicted molar refractivity (Wildman–Crippen MR) is 112 cm³/mol. The van der Waals surface area contributed by atoms with E-state index in [0.29, 0.717) is 6.61 Å². The maximum atomic E-state index is 6.47. The predicted octanol–water partition coefficient (Wildman–Crippen LogP) is 5.88. The lowest BCUT2D eigenvalue weighted by atomic mass is 9.99. The molecule has 2 heterocycles. The van der Waals surface area contributed by atoms with Crippen molar-refractivity contribution in [3.63, 3.8) is 0 Å². The van der Waals surface area contributed by atoms with Crippen LogP contribution in [0.15, 0.2) is 67.0 Å². The van der Waals surface area contributed by atoms with E-state index in [4.69, 9.17) is 16.3 Å². The summed E-state index contributed by atoms with van der Waals surface area (Å²) in [5.74, 6) is 0.892. The van der Waals surface area contributed by atoms with Crippen LogP contribution in [0, 0.1) is 0 Å². The summed E-state index contributed by atoms with van der Waals surface area (Å²) in [4.78, 5) is 4.60. The van der Waals surface area contributed by atoms with Crippen LogP contribution in [-0.4, -0.2) is 16.2 Å². The van der Waals surface area contributed by atoms with E-state index in [2.05, 4.69) is 41.4 Å². The highest BCUT2D eigenvalue weighted by Crippen LogP contribution is 2.29. The minimum atomic E-state index is 0.674. The Morgan fingerprint density at radius 2 is 1.81 bits per heavy atom. The first-order chi connectivity index (χ1) is 13.1. The van der Waals surface area contributed by atoms with Crippen LogP contribution in [0.5, 0.6) is 5.75 Å². The average molecular weight is 377 g/mol. The van der Waals surface area contributed by atoms with Gasteiger partial charge in [0.2, 0.25) is 0 Å². The largest absolute Gasteiger partial charge is 0.494 e. The van der Waals surface area contributed by atoms with Crippen molar-refractivity contribution in [2.24, 2.45) is 7.05 Å². The zero-order chi connectivity index (χ0) is 18.8. The second-order valence-electron chi connectivity index (χ2n) is 6.62. The molecule has 0 aliphatic carbocycles. The zero-order valence-electron chi connectivity index (χ0n) is 15.4. The molecule has 0 aliphatic rings. The first kappa shape index (κ1) is 17.6. The van der Waals surface area contributed by atoms with Crippen LogP contribution in [-0.2, 0) is 13.5 Å². The number of rotatable bonds is 5. The Hall–Kier alpha value is -2.78. The van der Waals surface area contributed by atoms with Crippen molar-refractivity contribution in [3.8, 4) is 16.9 Å². The maximum Gasteiger partial charge on any atom is 0.139 e. The number of fused-ring (bicyclic) bond motifs is 1. The maximum absolute atomic E-state index is 6.47. The molecule has 0 bridgehead atoms. The summed E-state index contributed by atoms with van der Waals surface area (Å²) in [6.45, 7) is 2.66. The molecule has 4 heteroatoms. The molecule has 0 unspecified atom stereocenters. The van der Waals surface area contributed by atoms with Crippen molar-refractivity contribution < 1.29 is 4.74 Å². The molecule has 0 amide bonds. The molecule has 0 saturated heterocycles. The van der Waals surface area contributed by atoms with E-state index in [1.165, 1.54) is 5.56 Å². The molecular weight excluding hydrogens is 356 g/mol. The number of aromatic nitrogens is 2. The van der Waals surface area contributed by atoms with E-state index in [0.717, 1.165) is 44.9 Å². The van der Waals surface area contributed by atoms with Gasteiger partial charge in [-0.3, -0.25) is 0 Å². The van der Waals surface area contributed by atoms with Gasteiger partial charge in [0.25, 0.3) is 0 Å². The Kier molecular flexibility index (Phi) is 4.87. The van der Waals surface area contributed by atoms with Crippen LogP contribution in [0.4, 0.5) is 0 Å². The number of aryl methyl sites for hydroxylation is 1. The van der Waals surface area contributed by atoms with Gasteiger partial charge >= 0.3 is 0 Å². The molecule has 0 radical (unpaired) electrons. The Bertz CT molecular complexity index is 1080. The van der Waals surface area contributed by atoms with E-state index >= 15 is 0 Å². The summed E-state index contributed by atoms with van der Waals surface area (Å²) in [6, 6.07) is 18.6. The van der Waals surface area contributed by atoms with Crippen LogP contribution in [0.1, 0.15) is 18.1 Å². The van der Waals surface area contributed by atoms with Crippen LogP contribution >= 0.6 is 11.6 Å². The van der Waals surface area contributed by atoms with Gasteiger partial charge in [-0.1, -0.05) is 29.8 Å². The Labute approximate surface area is 164 Å². The van der Waals surface area contributed by atoms with Crippen molar-refractivity contribution in [2.45, 2.75) is 13.3 Å². The number of ether oxygens (including phenoxy) is 1. The summed E-state index contributed by atoms with van der Waals surface area (Å²) < 4.78 is 7.54. The number of halogens is 1. The summed E-state index contributed by atoms with van der Waals surface area (Å²) in [5.41, 5.74) is 5.51. The topological polar surface area (TPSA) is 27.1 Å². The highest BCUT2D eigenvalue weighted by molar-refractivity contribution is 6.31. The molecule has 0 aliphatic heterocycles. The fourth-order valence-electron chi connectivity index (χ4n) is 3.29. The summed E-state index contributed by atoms with van der Waals surface area (Å²) in [6.07, 6.45) is 4.73. The molecule has 4 rings (SSSR count). The smallest absolute Gasteiger partial charge is 0.139 e. The van der Waals surface area contributed by atoms with Gasteiger partial charge < -0.3 is 9.30 Å². The molecular formula is C23H21ClN2O. The van der Waals surface area contributed by atoms with E-state index in [-0.39, 0.29) is 0 Å². The Morgan fingerprint density at radius 1 is 1.00 bits per heavy atom. The minimum Gasteiger partial charge on any atom is -0.494 e. The first-order valence-corrected chi connectivity index (χ1v) is 9.43. The first-order valence-electron chi connectivity index (χ1n) is 9.05. The third-order valence-corrected chi connectivity index (χ3v) is 5.08. The number of benzene rings is 2. The molecule has 27 heavy (non-hydrogen) atoms. The number of hydrogen-bond acceptors (Lipinski definition) is 2. The minimum absolute atomic E-state index is 0.674. The standard InChI is InChI=1S/C23H21ClN2O/c1-3-27-21-7-4-16(5-8-21)12-19-13-17(6-9-22(19)24)20-14-18-10-11-26(2)23(18)25-15-20/h4-11,13-15H,3,12H2,1-2H3.